The molecule has 1 aliphatic carbocycles. The number of ether oxygens (including phenoxy) is 2. The van der Waals surface area contributed by atoms with Crippen molar-refractivity contribution < 1.29 is 33.0 Å². The van der Waals surface area contributed by atoms with Crippen molar-refractivity contribution in [2.24, 2.45) is 0 Å². The van der Waals surface area contributed by atoms with E-state index < -0.39 is 24.5 Å². The van der Waals surface area contributed by atoms with E-state index in [0.29, 0.717) is 5.75 Å². The van der Waals surface area contributed by atoms with Gasteiger partial charge in [-0.1, -0.05) is 0 Å². The molecule has 23 heavy (non-hydrogen) atoms. The van der Waals surface area contributed by atoms with Gasteiger partial charge in [0.15, 0.2) is 6.61 Å². The van der Waals surface area contributed by atoms with Crippen LogP contribution in [-0.2, 0) is 9.53 Å². The number of aliphatic carboxylic acids is 1. The minimum Gasteiger partial charge on any atom is -0.544 e. The Morgan fingerprint density at radius 3 is 2.30 bits per heavy atom. The van der Waals surface area contributed by atoms with Gasteiger partial charge >= 0.3 is 11.9 Å². The first kappa shape index (κ1) is 17.2. The van der Waals surface area contributed by atoms with Gasteiger partial charge in [0.25, 0.3) is 0 Å². The number of alkyl halides is 2. The van der Waals surface area contributed by atoms with Crippen LogP contribution in [0.3, 0.4) is 0 Å². The average Bonchev–Trinajstić information content (AvgIpc) is 2.92. The summed E-state index contributed by atoms with van der Waals surface area (Å²) in [5.41, 5.74) is -0.193. The van der Waals surface area contributed by atoms with Crippen LogP contribution in [0, 0.1) is 0 Å². The number of halogens is 2. The van der Waals surface area contributed by atoms with E-state index in [1.807, 2.05) is 6.92 Å². The van der Waals surface area contributed by atoms with Crippen LogP contribution in [0.2, 0.25) is 0 Å². The van der Waals surface area contributed by atoms with Crippen LogP contribution in [0.4, 0.5) is 8.78 Å². The summed E-state index contributed by atoms with van der Waals surface area (Å²) in [6.45, 7) is 0.453. The smallest absolute Gasteiger partial charge is 0.338 e. The Morgan fingerprint density at radius 2 is 1.78 bits per heavy atom. The third kappa shape index (κ3) is 4.40. The van der Waals surface area contributed by atoms with Gasteiger partial charge in [-0.2, -0.15) is 8.78 Å². The molecule has 0 bridgehead atoms. The standard InChI is InChI=1S/C16H18F2O5/c1-15(8-2-3-9-15)23-12-6-4-11(5-7-12)13(19)22-10-16(17,18)14(20)21/h4-7H,2-3,8-10H2,1H3,(H,20,21)/p-1. The lowest BCUT2D eigenvalue weighted by Gasteiger charge is -2.25. The maximum absolute atomic E-state index is 12.8. The van der Waals surface area contributed by atoms with Crippen molar-refractivity contribution in [3.8, 4) is 5.75 Å². The monoisotopic (exact) mass is 327 g/mol. The molecule has 1 aliphatic rings. The zero-order valence-electron chi connectivity index (χ0n) is 12.6. The summed E-state index contributed by atoms with van der Waals surface area (Å²) in [5, 5.41) is 10.1. The molecule has 0 saturated heterocycles. The Kier molecular flexibility index (Phi) is 4.87. The number of rotatable bonds is 6. The number of carbonyl (C=O) groups is 2. The molecule has 1 fully saturated rings. The van der Waals surface area contributed by atoms with E-state index in [2.05, 4.69) is 4.74 Å². The second kappa shape index (κ2) is 6.52. The largest absolute Gasteiger partial charge is 0.544 e. The number of carboxylic acid groups (broad SMARTS) is 1. The fraction of sp³-hybridized carbons (Fsp3) is 0.500. The van der Waals surface area contributed by atoms with Crippen LogP contribution in [0.5, 0.6) is 5.75 Å². The Balaban J connectivity index is 1.93. The number of esters is 1. The quantitative estimate of drug-likeness (QED) is 0.746. The van der Waals surface area contributed by atoms with Crippen LogP contribution in [0.25, 0.3) is 0 Å². The normalized spacial score (nSPS) is 16.8. The van der Waals surface area contributed by atoms with Crippen molar-refractivity contribution in [3.63, 3.8) is 0 Å². The van der Waals surface area contributed by atoms with E-state index in [0.717, 1.165) is 25.7 Å². The number of carbonyl (C=O) groups excluding carboxylic acids is 2. The first-order valence-electron chi connectivity index (χ1n) is 7.27. The lowest BCUT2D eigenvalue weighted by molar-refractivity contribution is -0.331. The minimum absolute atomic E-state index is 0.0306. The van der Waals surface area contributed by atoms with Crippen molar-refractivity contribution in [2.75, 3.05) is 6.61 Å². The average molecular weight is 327 g/mol. The highest BCUT2D eigenvalue weighted by molar-refractivity contribution is 5.89. The maximum atomic E-state index is 12.8. The predicted octanol–water partition coefficient (Wildman–Crippen LogP) is 1.94. The fourth-order valence-corrected chi connectivity index (χ4v) is 2.47. The molecule has 7 heteroatoms. The topological polar surface area (TPSA) is 75.7 Å². The third-order valence-electron chi connectivity index (χ3n) is 3.80. The zero-order chi connectivity index (χ0) is 17.1. The van der Waals surface area contributed by atoms with E-state index >= 15 is 0 Å². The molecule has 0 unspecified atom stereocenters. The van der Waals surface area contributed by atoms with Gasteiger partial charge in [-0.15, -0.1) is 0 Å². The predicted molar refractivity (Wildman–Crippen MR) is 74.2 cm³/mol. The molecule has 0 amide bonds. The van der Waals surface area contributed by atoms with Gasteiger partial charge in [-0.25, -0.2) is 4.79 Å². The van der Waals surface area contributed by atoms with Crippen molar-refractivity contribution in [1.29, 1.82) is 0 Å². The van der Waals surface area contributed by atoms with Crippen molar-refractivity contribution in [1.82, 2.24) is 0 Å². The first-order valence-corrected chi connectivity index (χ1v) is 7.27. The summed E-state index contributed by atoms with van der Waals surface area (Å²) in [4.78, 5) is 21.8. The molecule has 2 rings (SSSR count). The Labute approximate surface area is 132 Å². The van der Waals surface area contributed by atoms with E-state index in [1.165, 1.54) is 12.1 Å². The molecule has 5 nitrogen and oxygen atoms in total. The summed E-state index contributed by atoms with van der Waals surface area (Å²) in [6, 6.07) is 5.87. The van der Waals surface area contributed by atoms with Crippen LogP contribution in [0.1, 0.15) is 43.0 Å². The second-order valence-corrected chi connectivity index (χ2v) is 5.85. The molecule has 0 spiro atoms. The van der Waals surface area contributed by atoms with Gasteiger partial charge < -0.3 is 19.4 Å². The van der Waals surface area contributed by atoms with Crippen molar-refractivity contribution >= 4 is 11.9 Å². The Bertz CT molecular complexity index is 577. The summed E-state index contributed by atoms with van der Waals surface area (Å²) >= 11 is 0. The molecular weight excluding hydrogens is 310 g/mol. The van der Waals surface area contributed by atoms with Crippen LogP contribution in [-0.4, -0.2) is 30.1 Å². The molecular formula is C16H17F2O5-. The molecule has 0 N–H and O–H groups in total. The molecule has 0 aliphatic heterocycles. The molecule has 1 saturated carbocycles. The molecule has 0 aromatic heterocycles. The number of hydrogen-bond donors (Lipinski definition) is 0. The van der Waals surface area contributed by atoms with Crippen LogP contribution in [0.15, 0.2) is 24.3 Å². The highest BCUT2D eigenvalue weighted by atomic mass is 19.3. The highest BCUT2D eigenvalue weighted by Crippen LogP contribution is 2.33. The van der Waals surface area contributed by atoms with E-state index in [9.17, 15) is 23.5 Å². The summed E-state index contributed by atoms with van der Waals surface area (Å²) in [6.07, 6.45) is 4.12. The van der Waals surface area contributed by atoms with Crippen molar-refractivity contribution in [2.45, 2.75) is 44.1 Å². The first-order chi connectivity index (χ1) is 10.7. The van der Waals surface area contributed by atoms with E-state index in [1.54, 1.807) is 12.1 Å². The lowest BCUT2D eigenvalue weighted by atomic mass is 10.1. The summed E-state index contributed by atoms with van der Waals surface area (Å²) in [5.74, 6) is -7.26. The minimum atomic E-state index is -4.21. The summed E-state index contributed by atoms with van der Waals surface area (Å²) < 4.78 is 35.8. The number of benzene rings is 1. The van der Waals surface area contributed by atoms with Crippen molar-refractivity contribution in [3.05, 3.63) is 29.8 Å². The van der Waals surface area contributed by atoms with Gasteiger partial charge in [0.05, 0.1) is 5.56 Å². The summed E-state index contributed by atoms with van der Waals surface area (Å²) in [7, 11) is 0. The van der Waals surface area contributed by atoms with Gasteiger partial charge in [0.1, 0.15) is 17.3 Å². The SMILES string of the molecule is CC1(Oc2ccc(C(=O)OCC(F)(F)C(=O)[O-])cc2)CCCC1. The molecule has 1 aromatic rings. The number of carboxylic acids is 1. The molecule has 0 heterocycles. The maximum Gasteiger partial charge on any atom is 0.338 e. The van der Waals surface area contributed by atoms with Gasteiger partial charge in [-0.3, -0.25) is 0 Å². The zero-order valence-corrected chi connectivity index (χ0v) is 12.6. The third-order valence-corrected chi connectivity index (χ3v) is 3.80. The number of hydrogen-bond acceptors (Lipinski definition) is 5. The molecule has 0 atom stereocenters. The van der Waals surface area contributed by atoms with Crippen LogP contribution < -0.4 is 9.84 Å². The fourth-order valence-electron chi connectivity index (χ4n) is 2.47. The van der Waals surface area contributed by atoms with Crippen LogP contribution >= 0.6 is 0 Å². The van der Waals surface area contributed by atoms with Gasteiger partial charge in [0, 0.05) is 0 Å². The molecule has 126 valence electrons. The van der Waals surface area contributed by atoms with E-state index in [-0.39, 0.29) is 11.2 Å². The lowest BCUT2D eigenvalue weighted by Crippen LogP contribution is -2.45. The Hall–Kier alpha value is -2.18. The molecule has 0 radical (unpaired) electrons. The second-order valence-electron chi connectivity index (χ2n) is 5.85. The van der Waals surface area contributed by atoms with Gasteiger partial charge in [0.2, 0.25) is 0 Å². The Morgan fingerprint density at radius 1 is 1.22 bits per heavy atom. The van der Waals surface area contributed by atoms with Gasteiger partial charge in [-0.05, 0) is 56.9 Å². The molecule has 1 aromatic carbocycles. The highest BCUT2D eigenvalue weighted by Gasteiger charge is 2.33. The van der Waals surface area contributed by atoms with E-state index in [4.69, 9.17) is 4.74 Å².